The van der Waals surface area contributed by atoms with Gasteiger partial charge in [-0.1, -0.05) is 36.5 Å². The molecule has 2 aliphatic rings. The fraction of sp³-hybridized carbons (Fsp3) is 0.258. The molecule has 198 valence electrons. The molecule has 2 atom stereocenters. The van der Waals surface area contributed by atoms with Crippen LogP contribution >= 0.6 is 11.3 Å². The van der Waals surface area contributed by atoms with Gasteiger partial charge in [0.25, 0.3) is 5.78 Å². The van der Waals surface area contributed by atoms with E-state index < -0.39 is 17.7 Å². The van der Waals surface area contributed by atoms with E-state index in [2.05, 4.69) is 0 Å². The number of thiazole rings is 1. The van der Waals surface area contributed by atoms with Gasteiger partial charge in [-0.05, 0) is 79.4 Å². The molecule has 3 aromatic carbocycles. The molecule has 0 aliphatic carbocycles. The molecule has 2 unspecified atom stereocenters. The van der Waals surface area contributed by atoms with E-state index in [1.54, 1.807) is 12.1 Å². The number of amides is 1. The van der Waals surface area contributed by atoms with Gasteiger partial charge < -0.3 is 14.6 Å². The Bertz CT molecular complexity index is 1640. The third-order valence-corrected chi connectivity index (χ3v) is 8.04. The van der Waals surface area contributed by atoms with Gasteiger partial charge in [0.05, 0.1) is 28.4 Å². The molecule has 39 heavy (non-hydrogen) atoms. The normalized spacial score (nSPS) is 19.9. The number of aliphatic hydroxyl groups excluding tert-OH is 1. The van der Waals surface area contributed by atoms with Crippen molar-refractivity contribution in [3.8, 4) is 11.5 Å². The first kappa shape index (κ1) is 25.1. The monoisotopic (exact) mass is 540 g/mol. The van der Waals surface area contributed by atoms with Gasteiger partial charge in [0.15, 0.2) is 5.13 Å². The second kappa shape index (κ2) is 9.85. The number of ketones is 1. The predicted molar refractivity (Wildman–Crippen MR) is 152 cm³/mol. The number of hydrogen-bond donors (Lipinski definition) is 1. The largest absolute Gasteiger partial charge is 0.507 e. The van der Waals surface area contributed by atoms with Crippen LogP contribution < -0.4 is 14.4 Å². The van der Waals surface area contributed by atoms with Crippen molar-refractivity contribution >= 4 is 44.1 Å². The molecule has 4 aromatic rings. The summed E-state index contributed by atoms with van der Waals surface area (Å²) < 4.78 is 12.5. The maximum atomic E-state index is 13.6. The molecular weight excluding hydrogens is 512 g/mol. The zero-order chi connectivity index (χ0) is 27.3. The van der Waals surface area contributed by atoms with Crippen molar-refractivity contribution in [2.24, 2.45) is 0 Å². The molecule has 1 saturated heterocycles. The third-order valence-electron chi connectivity index (χ3n) is 7.02. The molecule has 0 saturated carbocycles. The zero-order valence-electron chi connectivity index (χ0n) is 21.9. The average molecular weight is 541 g/mol. The molecule has 1 aromatic heterocycles. The number of aliphatic hydroxyl groups is 1. The van der Waals surface area contributed by atoms with Gasteiger partial charge in [0.1, 0.15) is 23.4 Å². The highest BCUT2D eigenvalue weighted by Gasteiger charge is 2.48. The number of hydrogen-bond acceptors (Lipinski definition) is 7. The summed E-state index contributed by atoms with van der Waals surface area (Å²) in [5, 5.41) is 12.0. The summed E-state index contributed by atoms with van der Waals surface area (Å²) in [6.07, 6.45) is 1.63. The maximum absolute atomic E-state index is 13.6. The minimum Gasteiger partial charge on any atom is -0.507 e. The van der Waals surface area contributed by atoms with Crippen LogP contribution in [0.5, 0.6) is 11.5 Å². The van der Waals surface area contributed by atoms with Crippen molar-refractivity contribution in [3.05, 3.63) is 88.5 Å². The summed E-state index contributed by atoms with van der Waals surface area (Å²) in [5.74, 6) is -0.221. The Morgan fingerprint density at radius 2 is 1.92 bits per heavy atom. The van der Waals surface area contributed by atoms with Crippen LogP contribution in [0.25, 0.3) is 16.0 Å². The van der Waals surface area contributed by atoms with Crippen molar-refractivity contribution in [3.63, 3.8) is 0 Å². The Morgan fingerprint density at radius 3 is 2.69 bits per heavy atom. The number of benzene rings is 3. The minimum atomic E-state index is -0.852. The Morgan fingerprint density at radius 1 is 1.13 bits per heavy atom. The fourth-order valence-corrected chi connectivity index (χ4v) is 6.25. The highest BCUT2D eigenvalue weighted by Crippen LogP contribution is 2.45. The minimum absolute atomic E-state index is 0.0320. The van der Waals surface area contributed by atoms with Crippen molar-refractivity contribution in [2.45, 2.75) is 45.8 Å². The van der Waals surface area contributed by atoms with Crippen LogP contribution in [0, 0.1) is 6.92 Å². The molecule has 1 N–H and O–H groups in total. The van der Waals surface area contributed by atoms with Gasteiger partial charge in [-0.15, -0.1) is 0 Å². The molecule has 0 bridgehead atoms. The molecule has 3 heterocycles. The summed E-state index contributed by atoms with van der Waals surface area (Å²) in [4.78, 5) is 33.3. The van der Waals surface area contributed by atoms with Gasteiger partial charge in [0, 0.05) is 12.0 Å². The van der Waals surface area contributed by atoms with Gasteiger partial charge >= 0.3 is 5.91 Å². The van der Waals surface area contributed by atoms with Crippen LogP contribution in [-0.4, -0.2) is 34.5 Å². The number of Topliss-reactive ketones (excluding diaryl/α,β-unsaturated/α-hetero) is 1. The Hall–Kier alpha value is -4.17. The zero-order valence-corrected chi connectivity index (χ0v) is 22.7. The molecule has 0 radical (unpaired) electrons. The van der Waals surface area contributed by atoms with Crippen LogP contribution in [-0.2, 0) is 16.0 Å². The van der Waals surface area contributed by atoms with E-state index in [1.165, 1.54) is 16.2 Å². The van der Waals surface area contributed by atoms with Gasteiger partial charge in [-0.3, -0.25) is 14.5 Å². The maximum Gasteiger partial charge on any atom is 0.301 e. The average Bonchev–Trinajstić information content (AvgIpc) is 3.59. The van der Waals surface area contributed by atoms with E-state index in [4.69, 9.17) is 14.5 Å². The standard InChI is InChI=1S/C31H28N2O5S/c1-4-13-37-22-9-6-19(7-10-22)27-26(28(34)20-8-12-24-21(16-20)15-18(3)38-24)29(35)30(36)33(27)31-32-23-11-5-17(2)14-25(23)39-31/h5-12,14,16,18,27,34H,4,13,15H2,1-3H3. The number of aromatic nitrogens is 1. The van der Waals surface area contributed by atoms with E-state index in [0.29, 0.717) is 35.0 Å². The topological polar surface area (TPSA) is 89.0 Å². The summed E-state index contributed by atoms with van der Waals surface area (Å²) in [6, 6.07) is 17.7. The van der Waals surface area contributed by atoms with Crippen molar-refractivity contribution < 1.29 is 24.2 Å². The first-order valence-electron chi connectivity index (χ1n) is 13.0. The summed E-state index contributed by atoms with van der Waals surface area (Å²) >= 11 is 1.35. The molecule has 0 spiro atoms. The smallest absolute Gasteiger partial charge is 0.301 e. The molecule has 8 heteroatoms. The van der Waals surface area contributed by atoms with E-state index in [-0.39, 0.29) is 17.4 Å². The quantitative estimate of drug-likeness (QED) is 0.174. The van der Waals surface area contributed by atoms with Crippen LogP contribution in [0.4, 0.5) is 5.13 Å². The number of carbonyl (C=O) groups is 2. The molecule has 2 aliphatic heterocycles. The first-order chi connectivity index (χ1) is 18.8. The molecular formula is C31H28N2O5S. The Labute approximate surface area is 230 Å². The van der Waals surface area contributed by atoms with E-state index in [1.807, 2.05) is 69.3 Å². The molecule has 6 rings (SSSR count). The summed E-state index contributed by atoms with van der Waals surface area (Å²) in [6.45, 7) is 6.60. The second-order valence-corrected chi connectivity index (χ2v) is 11.0. The lowest BCUT2D eigenvalue weighted by Gasteiger charge is -2.23. The molecule has 1 fully saturated rings. The number of rotatable bonds is 6. The van der Waals surface area contributed by atoms with Crippen molar-refractivity contribution in [2.75, 3.05) is 11.5 Å². The first-order valence-corrected chi connectivity index (χ1v) is 13.9. The Balaban J connectivity index is 1.49. The van der Waals surface area contributed by atoms with Crippen molar-refractivity contribution in [1.29, 1.82) is 0 Å². The van der Waals surface area contributed by atoms with Crippen LogP contribution in [0.3, 0.4) is 0 Å². The predicted octanol–water partition coefficient (Wildman–Crippen LogP) is 6.34. The summed E-state index contributed by atoms with van der Waals surface area (Å²) in [7, 11) is 0. The molecule has 1 amide bonds. The van der Waals surface area contributed by atoms with Gasteiger partial charge in [0.2, 0.25) is 0 Å². The van der Waals surface area contributed by atoms with E-state index in [0.717, 1.165) is 33.5 Å². The number of anilines is 1. The van der Waals surface area contributed by atoms with Crippen LogP contribution in [0.15, 0.2) is 66.2 Å². The van der Waals surface area contributed by atoms with Crippen molar-refractivity contribution in [1.82, 2.24) is 4.98 Å². The number of aryl methyl sites for hydroxylation is 1. The number of nitrogens with zero attached hydrogens (tertiary/aromatic N) is 2. The lowest BCUT2D eigenvalue weighted by molar-refractivity contribution is -0.132. The van der Waals surface area contributed by atoms with E-state index in [9.17, 15) is 14.7 Å². The highest BCUT2D eigenvalue weighted by atomic mass is 32.1. The molecule has 7 nitrogen and oxygen atoms in total. The van der Waals surface area contributed by atoms with Crippen LogP contribution in [0.2, 0.25) is 0 Å². The SMILES string of the molecule is CCCOc1ccc(C2C(=C(O)c3ccc4c(c3)CC(C)O4)C(=O)C(=O)N2c2nc3ccc(C)cc3s2)cc1. The van der Waals surface area contributed by atoms with Gasteiger partial charge in [-0.25, -0.2) is 4.98 Å². The summed E-state index contributed by atoms with van der Waals surface area (Å²) in [5.41, 5.74) is 3.96. The lowest BCUT2D eigenvalue weighted by Crippen LogP contribution is -2.29. The third kappa shape index (κ3) is 4.44. The van der Waals surface area contributed by atoms with Gasteiger partial charge in [-0.2, -0.15) is 0 Å². The Kier molecular flexibility index (Phi) is 6.35. The van der Waals surface area contributed by atoms with E-state index >= 15 is 0 Å². The second-order valence-electron chi connectivity index (χ2n) is 10.0. The number of fused-ring (bicyclic) bond motifs is 2. The lowest BCUT2D eigenvalue weighted by atomic mass is 9.94. The number of ether oxygens (including phenoxy) is 2. The fourth-order valence-electron chi connectivity index (χ4n) is 5.16. The highest BCUT2D eigenvalue weighted by molar-refractivity contribution is 7.22. The van der Waals surface area contributed by atoms with Crippen LogP contribution in [0.1, 0.15) is 48.6 Å². The number of carbonyl (C=O) groups excluding carboxylic acids is 2.